The Balaban J connectivity index is 3.66. The van der Waals surface area contributed by atoms with Gasteiger partial charge in [-0.2, -0.15) is 0 Å². The minimum atomic E-state index is -0.729. The van der Waals surface area contributed by atoms with Gasteiger partial charge in [0.25, 0.3) is 11.4 Å². The van der Waals surface area contributed by atoms with Crippen LogP contribution in [0, 0.1) is 20.2 Å². The van der Waals surface area contributed by atoms with E-state index in [4.69, 9.17) is 0 Å². The van der Waals surface area contributed by atoms with Gasteiger partial charge in [0.1, 0.15) is 5.69 Å². The first-order valence-electron chi connectivity index (χ1n) is 7.06. The topological polar surface area (TPSA) is 107 Å². The van der Waals surface area contributed by atoms with Gasteiger partial charge in [0, 0.05) is 19.2 Å². The Morgan fingerprint density at radius 2 is 1.64 bits per heavy atom. The number of rotatable bonds is 8. The zero-order valence-electron chi connectivity index (χ0n) is 12.9. The summed E-state index contributed by atoms with van der Waals surface area (Å²) in [5.74, 6) is -0.431. The number of hydrogen-bond donors (Lipinski definition) is 0. The highest BCUT2D eigenvalue weighted by Gasteiger charge is 2.29. The average molecular weight is 309 g/mol. The van der Waals surface area contributed by atoms with Gasteiger partial charge in [-0.15, -0.1) is 0 Å². The molecule has 0 unspecified atom stereocenters. The summed E-state index contributed by atoms with van der Waals surface area (Å²) < 4.78 is 0. The number of benzene rings is 1. The van der Waals surface area contributed by atoms with Crippen molar-refractivity contribution in [3.8, 4) is 0 Å². The Labute approximate surface area is 128 Å². The molecule has 0 radical (unpaired) electrons. The number of nitro groups is 2. The Kier molecular flexibility index (Phi) is 5.97. The normalized spacial score (nSPS) is 10.3. The van der Waals surface area contributed by atoms with Gasteiger partial charge in [0.05, 0.1) is 21.5 Å². The van der Waals surface area contributed by atoms with Crippen LogP contribution in [0.5, 0.6) is 0 Å². The predicted molar refractivity (Wildman–Crippen MR) is 82.6 cm³/mol. The number of non-ortho nitro benzene ring substituents is 1. The van der Waals surface area contributed by atoms with Crippen LogP contribution in [0.1, 0.15) is 44.0 Å². The van der Waals surface area contributed by atoms with Crippen molar-refractivity contribution in [3.63, 3.8) is 0 Å². The maximum Gasteiger partial charge on any atom is 0.300 e. The highest BCUT2D eigenvalue weighted by atomic mass is 16.6. The van der Waals surface area contributed by atoms with Crippen molar-refractivity contribution in [2.75, 3.05) is 18.0 Å². The second kappa shape index (κ2) is 7.48. The van der Waals surface area contributed by atoms with Crippen LogP contribution in [-0.2, 0) is 0 Å². The predicted octanol–water partition coefficient (Wildman–Crippen LogP) is 3.33. The third kappa shape index (κ3) is 3.78. The van der Waals surface area contributed by atoms with Crippen molar-refractivity contribution in [2.45, 2.75) is 33.6 Å². The Morgan fingerprint density at radius 1 is 1.09 bits per heavy atom. The summed E-state index contributed by atoms with van der Waals surface area (Å²) in [6.07, 6.45) is 1.48. The van der Waals surface area contributed by atoms with E-state index in [0.29, 0.717) is 13.1 Å². The molecule has 22 heavy (non-hydrogen) atoms. The van der Waals surface area contributed by atoms with Crippen molar-refractivity contribution in [1.29, 1.82) is 0 Å². The first-order chi connectivity index (χ1) is 10.3. The van der Waals surface area contributed by atoms with Gasteiger partial charge in [0.15, 0.2) is 5.78 Å². The molecule has 0 atom stereocenters. The molecule has 0 amide bonds. The molecule has 1 aromatic carbocycles. The fraction of sp³-hybridized carbons (Fsp3) is 0.500. The van der Waals surface area contributed by atoms with Gasteiger partial charge in [0.2, 0.25) is 0 Å². The number of carbonyl (C=O) groups is 1. The van der Waals surface area contributed by atoms with Crippen LogP contribution in [-0.4, -0.2) is 28.7 Å². The van der Waals surface area contributed by atoms with Gasteiger partial charge in [-0.3, -0.25) is 25.0 Å². The largest absolute Gasteiger partial charge is 0.365 e. The van der Waals surface area contributed by atoms with Crippen molar-refractivity contribution < 1.29 is 14.6 Å². The fourth-order valence-electron chi connectivity index (χ4n) is 2.32. The Bertz CT molecular complexity index is 559. The molecule has 0 aromatic heterocycles. The average Bonchev–Trinajstić information content (AvgIpc) is 2.45. The number of hydrogen-bond acceptors (Lipinski definition) is 6. The highest BCUT2D eigenvalue weighted by Crippen LogP contribution is 2.36. The lowest BCUT2D eigenvalue weighted by molar-refractivity contribution is -0.393. The fourth-order valence-corrected chi connectivity index (χ4v) is 2.32. The van der Waals surface area contributed by atoms with E-state index < -0.39 is 27.0 Å². The second-order valence-electron chi connectivity index (χ2n) is 4.92. The summed E-state index contributed by atoms with van der Waals surface area (Å²) in [5.41, 5.74) is -0.663. The summed E-state index contributed by atoms with van der Waals surface area (Å²) in [7, 11) is 0. The van der Waals surface area contributed by atoms with Crippen molar-refractivity contribution in [2.24, 2.45) is 0 Å². The monoisotopic (exact) mass is 309 g/mol. The molecule has 1 rings (SSSR count). The molecule has 0 aliphatic rings. The molecule has 0 N–H and O–H groups in total. The summed E-state index contributed by atoms with van der Waals surface area (Å²) in [5, 5.41) is 22.3. The zero-order valence-corrected chi connectivity index (χ0v) is 12.9. The molecule has 1 aromatic rings. The summed E-state index contributed by atoms with van der Waals surface area (Å²) >= 11 is 0. The first kappa shape index (κ1) is 17.5. The first-order valence-corrected chi connectivity index (χ1v) is 7.06. The van der Waals surface area contributed by atoms with E-state index in [9.17, 15) is 25.0 Å². The van der Waals surface area contributed by atoms with Crippen LogP contribution in [0.3, 0.4) is 0 Å². The zero-order chi connectivity index (χ0) is 16.9. The minimum Gasteiger partial charge on any atom is -0.365 e. The van der Waals surface area contributed by atoms with Gasteiger partial charge in [-0.1, -0.05) is 13.8 Å². The molecule has 0 aliphatic heterocycles. The molecular formula is C14H19N3O5. The SMILES string of the molecule is CCCN(CCC)c1c(C(C)=O)cc([N+](=O)[O-])cc1[N+](=O)[O-]. The van der Waals surface area contributed by atoms with Gasteiger partial charge in [-0.05, 0) is 19.8 Å². The Hall–Kier alpha value is -2.51. The van der Waals surface area contributed by atoms with E-state index in [-0.39, 0.29) is 11.3 Å². The lowest BCUT2D eigenvalue weighted by Crippen LogP contribution is -2.27. The van der Waals surface area contributed by atoms with Crippen LogP contribution < -0.4 is 4.90 Å². The maximum atomic E-state index is 11.9. The third-order valence-corrected chi connectivity index (χ3v) is 3.16. The molecule has 0 saturated carbocycles. The van der Waals surface area contributed by atoms with Crippen LogP contribution in [0.2, 0.25) is 0 Å². The van der Waals surface area contributed by atoms with Crippen LogP contribution in [0.15, 0.2) is 12.1 Å². The lowest BCUT2D eigenvalue weighted by Gasteiger charge is -2.25. The van der Waals surface area contributed by atoms with Crippen LogP contribution in [0.4, 0.5) is 17.1 Å². The summed E-state index contributed by atoms with van der Waals surface area (Å²) in [6.45, 7) is 6.17. The molecule has 0 fully saturated rings. The number of ketones is 1. The molecule has 0 spiro atoms. The van der Waals surface area contributed by atoms with E-state index in [1.54, 1.807) is 4.90 Å². The highest BCUT2D eigenvalue weighted by molar-refractivity contribution is 6.02. The number of carbonyl (C=O) groups excluding carboxylic acids is 1. The number of anilines is 1. The van der Waals surface area contributed by atoms with Gasteiger partial charge >= 0.3 is 0 Å². The van der Waals surface area contributed by atoms with Gasteiger partial charge < -0.3 is 4.90 Å². The Morgan fingerprint density at radius 3 is 2.00 bits per heavy atom. The number of nitrogens with zero attached hydrogens (tertiary/aromatic N) is 3. The van der Waals surface area contributed by atoms with E-state index in [0.717, 1.165) is 25.0 Å². The molecule has 0 aliphatic carbocycles. The van der Waals surface area contributed by atoms with Crippen LogP contribution in [0.25, 0.3) is 0 Å². The molecular weight excluding hydrogens is 290 g/mol. The number of Topliss-reactive ketones (excluding diaryl/α,β-unsaturated/α-hetero) is 1. The minimum absolute atomic E-state index is 0.0165. The molecule has 8 heteroatoms. The van der Waals surface area contributed by atoms with E-state index in [2.05, 4.69) is 0 Å². The smallest absolute Gasteiger partial charge is 0.300 e. The number of nitro benzene ring substituents is 2. The third-order valence-electron chi connectivity index (χ3n) is 3.16. The molecule has 0 heterocycles. The lowest BCUT2D eigenvalue weighted by atomic mass is 10.0. The van der Waals surface area contributed by atoms with Gasteiger partial charge in [-0.25, -0.2) is 0 Å². The summed E-state index contributed by atoms with van der Waals surface area (Å²) in [4.78, 5) is 34.5. The van der Waals surface area contributed by atoms with Crippen molar-refractivity contribution in [1.82, 2.24) is 0 Å². The maximum absolute atomic E-state index is 11.9. The molecule has 0 saturated heterocycles. The van der Waals surface area contributed by atoms with E-state index in [1.807, 2.05) is 13.8 Å². The molecule has 0 bridgehead atoms. The van der Waals surface area contributed by atoms with E-state index in [1.165, 1.54) is 6.92 Å². The molecule has 120 valence electrons. The van der Waals surface area contributed by atoms with Crippen molar-refractivity contribution in [3.05, 3.63) is 37.9 Å². The van der Waals surface area contributed by atoms with Crippen molar-refractivity contribution >= 4 is 22.8 Å². The van der Waals surface area contributed by atoms with Crippen LogP contribution >= 0.6 is 0 Å². The molecule has 8 nitrogen and oxygen atoms in total. The summed E-state index contributed by atoms with van der Waals surface area (Å²) in [6, 6.07) is 2.03. The second-order valence-corrected chi connectivity index (χ2v) is 4.92. The quantitative estimate of drug-likeness (QED) is 0.414. The van der Waals surface area contributed by atoms with E-state index >= 15 is 0 Å². The standard InChI is InChI=1S/C14H19N3O5/c1-4-6-15(7-5-2)14-12(10(3)18)8-11(16(19)20)9-13(14)17(21)22/h8-9H,4-7H2,1-3H3.